The van der Waals surface area contributed by atoms with Crippen LogP contribution in [0.4, 0.5) is 9.18 Å². The molecule has 0 heterocycles. The summed E-state index contributed by atoms with van der Waals surface area (Å²) in [7, 11) is -4.84. The molecule has 0 spiro atoms. The lowest BCUT2D eigenvalue weighted by atomic mass is 10.2. The number of carbonyl (C=O) groups excluding carboxylic acids is 2. The van der Waals surface area contributed by atoms with Crippen LogP contribution in [0.5, 0.6) is 0 Å². The summed E-state index contributed by atoms with van der Waals surface area (Å²) in [5.41, 5.74) is 5.82. The van der Waals surface area contributed by atoms with Crippen LogP contribution in [0.25, 0.3) is 0 Å². The lowest BCUT2D eigenvalue weighted by Crippen LogP contribution is -2.51. The maximum absolute atomic E-state index is 12.6. The predicted octanol–water partition coefficient (Wildman–Crippen LogP) is 0.972. The zero-order chi connectivity index (χ0) is 17.6. The first-order chi connectivity index (χ1) is 10.7. The Labute approximate surface area is 132 Å². The summed E-state index contributed by atoms with van der Waals surface area (Å²) in [6.07, 6.45) is -1.31. The number of nitrogens with zero attached hydrogens (tertiary/aromatic N) is 1. The number of ether oxygens (including phenoxy) is 1. The van der Waals surface area contributed by atoms with E-state index in [1.807, 2.05) is 0 Å². The van der Waals surface area contributed by atoms with Crippen LogP contribution in [0.2, 0.25) is 0 Å². The van der Waals surface area contributed by atoms with Crippen LogP contribution in [0, 0.1) is 0 Å². The first-order valence-electron chi connectivity index (χ1n) is 6.59. The lowest BCUT2D eigenvalue weighted by molar-refractivity contribution is -0.132. The lowest BCUT2D eigenvalue weighted by Gasteiger charge is -2.28. The molecule has 23 heavy (non-hydrogen) atoms. The molecular formula is C13H18FN2O6P. The molecule has 0 saturated heterocycles. The van der Waals surface area contributed by atoms with Gasteiger partial charge >= 0.3 is 13.7 Å². The van der Waals surface area contributed by atoms with Gasteiger partial charge in [-0.2, -0.15) is 0 Å². The third kappa shape index (κ3) is 5.40. The van der Waals surface area contributed by atoms with Gasteiger partial charge in [0.15, 0.2) is 0 Å². The number of carbonyl (C=O) groups is 2. The van der Waals surface area contributed by atoms with Crippen molar-refractivity contribution in [1.29, 1.82) is 0 Å². The number of imide groups is 1. The van der Waals surface area contributed by atoms with Crippen LogP contribution in [0.15, 0.2) is 30.3 Å². The first-order valence-corrected chi connectivity index (χ1v) is 8.27. The Bertz CT molecular complexity index is 593. The Hall–Kier alpha value is -1.80. The van der Waals surface area contributed by atoms with Crippen molar-refractivity contribution in [1.82, 2.24) is 4.90 Å². The molecule has 0 aromatic heterocycles. The van der Waals surface area contributed by atoms with Gasteiger partial charge in [-0.25, -0.2) is 14.1 Å². The molecule has 2 amide bonds. The van der Waals surface area contributed by atoms with E-state index in [-0.39, 0.29) is 11.5 Å². The van der Waals surface area contributed by atoms with Gasteiger partial charge in [-0.1, -0.05) is 30.3 Å². The molecule has 0 aliphatic carbocycles. The molecule has 128 valence electrons. The van der Waals surface area contributed by atoms with Crippen molar-refractivity contribution >= 4 is 19.6 Å². The van der Waals surface area contributed by atoms with Crippen LogP contribution < -0.4 is 5.73 Å². The second kappa shape index (κ2) is 8.16. The zero-order valence-corrected chi connectivity index (χ0v) is 13.2. The van der Waals surface area contributed by atoms with E-state index in [9.17, 15) is 18.5 Å². The van der Waals surface area contributed by atoms with Crippen molar-refractivity contribution in [2.24, 2.45) is 5.73 Å². The molecule has 1 aromatic carbocycles. The zero-order valence-electron chi connectivity index (χ0n) is 12.3. The topological polar surface area (TPSA) is 130 Å². The highest BCUT2D eigenvalue weighted by molar-refractivity contribution is 7.52. The Morgan fingerprint density at radius 2 is 1.91 bits per heavy atom. The van der Waals surface area contributed by atoms with Crippen LogP contribution in [0.3, 0.4) is 0 Å². The monoisotopic (exact) mass is 348 g/mol. The number of benzene rings is 1. The van der Waals surface area contributed by atoms with E-state index >= 15 is 0 Å². The summed E-state index contributed by atoms with van der Waals surface area (Å²) in [6, 6.07) is 6.73. The van der Waals surface area contributed by atoms with Gasteiger partial charge in [0.05, 0.1) is 0 Å². The fourth-order valence-electron chi connectivity index (χ4n) is 1.61. The molecule has 0 aliphatic heterocycles. The molecule has 0 radical (unpaired) electrons. The third-order valence-electron chi connectivity index (χ3n) is 2.98. The molecule has 10 heteroatoms. The summed E-state index contributed by atoms with van der Waals surface area (Å²) in [5, 5.41) is 0. The number of hydrogen-bond donors (Lipinski definition) is 3. The minimum atomic E-state index is -4.84. The summed E-state index contributed by atoms with van der Waals surface area (Å²) in [5.74, 6) is -3.09. The van der Waals surface area contributed by atoms with Crippen LogP contribution in [0.1, 0.15) is 12.5 Å². The van der Waals surface area contributed by atoms with E-state index in [0.29, 0.717) is 5.56 Å². The van der Waals surface area contributed by atoms with Gasteiger partial charge in [-0.05, 0) is 12.5 Å². The van der Waals surface area contributed by atoms with E-state index in [1.54, 1.807) is 30.3 Å². The number of rotatable bonds is 6. The number of hydrogen-bond acceptors (Lipinski definition) is 5. The van der Waals surface area contributed by atoms with Crippen molar-refractivity contribution in [3.8, 4) is 0 Å². The minimum Gasteiger partial charge on any atom is -0.444 e. The highest BCUT2D eigenvalue weighted by Gasteiger charge is 2.40. The third-order valence-corrected chi connectivity index (χ3v) is 4.19. The highest BCUT2D eigenvalue weighted by Crippen LogP contribution is 2.43. The molecule has 1 rings (SSSR count). The van der Waals surface area contributed by atoms with Crippen molar-refractivity contribution in [3.63, 3.8) is 0 Å². The number of nitrogens with two attached hydrogens (primary N) is 1. The molecule has 8 nitrogen and oxygen atoms in total. The fourth-order valence-corrected chi connectivity index (χ4v) is 2.12. The SMILES string of the molecule is C[C@H](N(C(=O)OCc1ccccc1)C(=O)[C@@H](N)CF)P(=O)(O)O. The van der Waals surface area contributed by atoms with Gasteiger partial charge in [-0.3, -0.25) is 9.36 Å². The standard InChI is InChI=1S/C13H18FN2O6P/c1-9(23(19,20)21)16(12(17)11(15)7-14)13(18)22-8-10-5-3-2-4-6-10/h2-6,9,11H,7-8,15H2,1H3,(H2,19,20,21)/t9-,11+/m1/s1. The van der Waals surface area contributed by atoms with Gasteiger partial charge in [0.1, 0.15) is 25.1 Å². The minimum absolute atomic E-state index is 0.161. The highest BCUT2D eigenvalue weighted by atomic mass is 31.2. The van der Waals surface area contributed by atoms with E-state index in [0.717, 1.165) is 6.92 Å². The maximum Gasteiger partial charge on any atom is 0.417 e. The molecule has 0 bridgehead atoms. The predicted molar refractivity (Wildman–Crippen MR) is 78.9 cm³/mol. The summed E-state index contributed by atoms with van der Waals surface area (Å²) < 4.78 is 28.7. The average Bonchev–Trinajstić information content (AvgIpc) is 2.52. The van der Waals surface area contributed by atoms with E-state index in [4.69, 9.17) is 20.3 Å². The molecule has 0 unspecified atom stereocenters. The quantitative estimate of drug-likeness (QED) is 0.653. The largest absolute Gasteiger partial charge is 0.444 e. The normalized spacial score (nSPS) is 14.0. The van der Waals surface area contributed by atoms with Gasteiger partial charge in [0, 0.05) is 0 Å². The van der Waals surface area contributed by atoms with Crippen molar-refractivity contribution in [2.45, 2.75) is 25.4 Å². The first kappa shape index (κ1) is 19.2. The Balaban J connectivity index is 2.92. The van der Waals surface area contributed by atoms with Crippen molar-refractivity contribution < 1.29 is 33.1 Å². The van der Waals surface area contributed by atoms with E-state index in [1.165, 1.54) is 0 Å². The molecule has 0 saturated carbocycles. The van der Waals surface area contributed by atoms with Crippen LogP contribution >= 0.6 is 7.60 Å². The number of halogens is 1. The fraction of sp³-hybridized carbons (Fsp3) is 0.385. The Kier molecular flexibility index (Phi) is 6.83. The Morgan fingerprint density at radius 1 is 1.35 bits per heavy atom. The van der Waals surface area contributed by atoms with E-state index < -0.39 is 38.1 Å². The van der Waals surface area contributed by atoms with Crippen molar-refractivity contribution in [3.05, 3.63) is 35.9 Å². The number of alkyl halides is 1. The second-order valence-electron chi connectivity index (χ2n) is 4.73. The average molecular weight is 348 g/mol. The van der Waals surface area contributed by atoms with Gasteiger partial charge in [0.25, 0.3) is 5.91 Å². The molecule has 2 atom stereocenters. The summed E-state index contributed by atoms with van der Waals surface area (Å²) in [6.45, 7) is -0.551. The van der Waals surface area contributed by atoms with Crippen LogP contribution in [-0.2, 0) is 20.7 Å². The molecular weight excluding hydrogens is 330 g/mol. The molecule has 0 aliphatic rings. The van der Waals surface area contributed by atoms with Gasteiger partial charge in [-0.15, -0.1) is 0 Å². The summed E-state index contributed by atoms with van der Waals surface area (Å²) >= 11 is 0. The van der Waals surface area contributed by atoms with E-state index in [2.05, 4.69) is 0 Å². The van der Waals surface area contributed by atoms with Crippen molar-refractivity contribution in [2.75, 3.05) is 6.67 Å². The van der Waals surface area contributed by atoms with Crippen LogP contribution in [-0.4, -0.2) is 45.2 Å². The smallest absolute Gasteiger partial charge is 0.417 e. The van der Waals surface area contributed by atoms with Gasteiger partial charge < -0.3 is 20.3 Å². The Morgan fingerprint density at radius 3 is 2.39 bits per heavy atom. The van der Waals surface area contributed by atoms with Gasteiger partial charge in [0.2, 0.25) is 0 Å². The maximum atomic E-state index is 12.6. The molecule has 1 aromatic rings. The molecule has 4 N–H and O–H groups in total. The molecule has 0 fully saturated rings. The number of amides is 2. The second-order valence-corrected chi connectivity index (χ2v) is 6.66. The summed E-state index contributed by atoms with van der Waals surface area (Å²) in [4.78, 5) is 42.5.